The zero-order chi connectivity index (χ0) is 18.7. The van der Waals surface area contributed by atoms with E-state index in [0.29, 0.717) is 10.9 Å². The second kappa shape index (κ2) is 7.63. The Kier molecular flexibility index (Phi) is 5.29. The van der Waals surface area contributed by atoms with E-state index >= 15 is 0 Å². The average Bonchev–Trinajstić information content (AvgIpc) is 2.90. The topological polar surface area (TPSA) is 105 Å². The van der Waals surface area contributed by atoms with Crippen molar-refractivity contribution >= 4 is 56.1 Å². The maximum Gasteiger partial charge on any atom is 0.234 e. The molecule has 9 heteroatoms. The summed E-state index contributed by atoms with van der Waals surface area (Å²) < 4.78 is 0.851. The summed E-state index contributed by atoms with van der Waals surface area (Å²) in [6.07, 6.45) is 1.43. The van der Waals surface area contributed by atoms with Gasteiger partial charge in [0.15, 0.2) is 5.69 Å². The lowest BCUT2D eigenvalue weighted by Gasteiger charge is -2.00. The van der Waals surface area contributed by atoms with Crippen LogP contribution >= 0.6 is 28.1 Å². The number of fused-ring (bicyclic) bond motifs is 1. The van der Waals surface area contributed by atoms with Gasteiger partial charge < -0.3 is 15.2 Å². The molecular weight excluding hydrogens is 418 g/mol. The van der Waals surface area contributed by atoms with Crippen LogP contribution in [0.2, 0.25) is 0 Å². The molecule has 3 aromatic rings. The lowest BCUT2D eigenvalue weighted by atomic mass is 10.1. The lowest BCUT2D eigenvalue weighted by molar-refractivity contribution is 0.459. The number of azo groups is 1. The molecule has 0 unspecified atom stereocenters. The van der Waals surface area contributed by atoms with Gasteiger partial charge in [-0.2, -0.15) is 5.10 Å². The predicted octanol–water partition coefficient (Wildman–Crippen LogP) is 4.64. The van der Waals surface area contributed by atoms with Gasteiger partial charge in [-0.25, -0.2) is 0 Å². The van der Waals surface area contributed by atoms with Crippen LogP contribution in [0.3, 0.4) is 0 Å². The molecule has 0 saturated carbocycles. The van der Waals surface area contributed by atoms with Gasteiger partial charge in [0.1, 0.15) is 5.75 Å². The minimum absolute atomic E-state index is 0.0112. The summed E-state index contributed by atoms with van der Waals surface area (Å²) in [5.74, 6) is 0.0146. The highest BCUT2D eigenvalue weighted by molar-refractivity contribution is 9.10. The summed E-state index contributed by atoms with van der Waals surface area (Å²) in [5.41, 5.74) is 5.10. The number of aromatic amines is 1. The van der Waals surface area contributed by atoms with Crippen LogP contribution in [0.25, 0.3) is 10.9 Å². The number of hydrogen-bond acceptors (Lipinski definition) is 5. The minimum Gasteiger partial charge on any atom is -0.507 e. The molecule has 0 radical (unpaired) electrons. The highest BCUT2D eigenvalue weighted by Crippen LogP contribution is 2.36. The molecule has 0 aliphatic carbocycles. The van der Waals surface area contributed by atoms with Crippen LogP contribution in [0, 0.1) is 6.92 Å². The van der Waals surface area contributed by atoms with Crippen molar-refractivity contribution in [3.8, 4) is 11.6 Å². The van der Waals surface area contributed by atoms with Crippen molar-refractivity contribution in [1.82, 2.24) is 10.4 Å². The Balaban J connectivity index is 1.72. The Hall–Kier alpha value is -2.78. The number of nitrogens with zero attached hydrogens (tertiary/aromatic N) is 3. The first-order chi connectivity index (χ1) is 12.4. The van der Waals surface area contributed by atoms with E-state index in [1.54, 1.807) is 18.2 Å². The standard InChI is InChI=1S/C17H14BrN5O2S/c1-9-2-5-14(24)10(6-9)8-19-22-17(26)23-21-15-12-7-11(18)3-4-13(12)20-16(15)25/h2-8,20,24-25H,1H3,(H,22,26)/b19-8+,23-21?. The van der Waals surface area contributed by atoms with E-state index in [0.717, 1.165) is 15.6 Å². The first-order valence-corrected chi connectivity index (χ1v) is 8.69. The maximum atomic E-state index is 9.97. The fraction of sp³-hybridized carbons (Fsp3) is 0.0588. The molecule has 0 aliphatic heterocycles. The highest BCUT2D eigenvalue weighted by Gasteiger charge is 2.10. The van der Waals surface area contributed by atoms with Crippen molar-refractivity contribution in [2.24, 2.45) is 15.3 Å². The van der Waals surface area contributed by atoms with E-state index in [1.807, 2.05) is 25.1 Å². The molecule has 132 valence electrons. The molecule has 1 aromatic heterocycles. The molecule has 0 amide bonds. The number of benzene rings is 2. The van der Waals surface area contributed by atoms with Gasteiger partial charge in [0.2, 0.25) is 11.0 Å². The smallest absolute Gasteiger partial charge is 0.234 e. The van der Waals surface area contributed by atoms with Crippen molar-refractivity contribution in [2.45, 2.75) is 6.92 Å². The number of phenolic OH excluding ortho intramolecular Hbond substituents is 1. The highest BCUT2D eigenvalue weighted by atomic mass is 79.9. The number of halogens is 1. The number of nitrogens with one attached hydrogen (secondary N) is 2. The van der Waals surface area contributed by atoms with Crippen LogP contribution in [0.5, 0.6) is 11.6 Å². The Bertz CT molecular complexity index is 1050. The second-order valence-corrected chi connectivity index (χ2v) is 6.75. The Morgan fingerprint density at radius 3 is 2.85 bits per heavy atom. The summed E-state index contributed by atoms with van der Waals surface area (Å²) in [4.78, 5) is 2.81. The van der Waals surface area contributed by atoms with Crippen LogP contribution in [0.1, 0.15) is 11.1 Å². The van der Waals surface area contributed by atoms with Gasteiger partial charge in [0.05, 0.1) is 11.7 Å². The monoisotopic (exact) mass is 431 g/mol. The molecule has 0 spiro atoms. The van der Waals surface area contributed by atoms with Crippen molar-refractivity contribution in [3.05, 3.63) is 52.0 Å². The number of hydrogen-bond donors (Lipinski definition) is 4. The van der Waals surface area contributed by atoms with Crippen molar-refractivity contribution in [1.29, 1.82) is 0 Å². The molecule has 1 heterocycles. The third kappa shape index (κ3) is 4.06. The van der Waals surface area contributed by atoms with Gasteiger partial charge >= 0.3 is 0 Å². The predicted molar refractivity (Wildman–Crippen MR) is 108 cm³/mol. The third-order valence-corrected chi connectivity index (χ3v) is 4.17. The van der Waals surface area contributed by atoms with E-state index in [4.69, 9.17) is 12.2 Å². The van der Waals surface area contributed by atoms with E-state index in [-0.39, 0.29) is 22.4 Å². The van der Waals surface area contributed by atoms with Gasteiger partial charge in [-0.15, -0.1) is 10.2 Å². The van der Waals surface area contributed by atoms with Crippen LogP contribution in [-0.2, 0) is 0 Å². The first-order valence-electron chi connectivity index (χ1n) is 7.48. The van der Waals surface area contributed by atoms with Gasteiger partial charge in [0.25, 0.3) is 0 Å². The number of phenols is 1. The number of thiocarbonyl (C=S) groups is 1. The molecule has 3 rings (SSSR count). The molecule has 4 N–H and O–H groups in total. The SMILES string of the molecule is Cc1ccc(O)c(/C=N/NC(=S)N=Nc2c(O)[nH]c3ccc(Br)cc23)c1. The van der Waals surface area contributed by atoms with Crippen molar-refractivity contribution in [3.63, 3.8) is 0 Å². The van der Waals surface area contributed by atoms with Crippen molar-refractivity contribution in [2.75, 3.05) is 0 Å². The Labute approximate surface area is 162 Å². The largest absolute Gasteiger partial charge is 0.507 e. The molecule has 7 nitrogen and oxygen atoms in total. The van der Waals surface area contributed by atoms with E-state index in [9.17, 15) is 10.2 Å². The van der Waals surface area contributed by atoms with Crippen LogP contribution < -0.4 is 5.43 Å². The third-order valence-electron chi connectivity index (χ3n) is 3.50. The number of hydrazone groups is 1. The number of aryl methyl sites for hydroxylation is 1. The summed E-state index contributed by atoms with van der Waals surface area (Å²) in [6.45, 7) is 1.91. The summed E-state index contributed by atoms with van der Waals surface area (Å²) in [6, 6.07) is 10.6. The molecule has 0 atom stereocenters. The van der Waals surface area contributed by atoms with E-state index < -0.39 is 0 Å². The van der Waals surface area contributed by atoms with Gasteiger partial charge in [-0.3, -0.25) is 5.43 Å². The number of rotatable bonds is 3. The Morgan fingerprint density at radius 1 is 1.23 bits per heavy atom. The van der Waals surface area contributed by atoms with Crippen molar-refractivity contribution < 1.29 is 10.2 Å². The van der Waals surface area contributed by atoms with Crippen LogP contribution in [-0.4, -0.2) is 26.5 Å². The summed E-state index contributed by atoms with van der Waals surface area (Å²) >= 11 is 8.42. The summed E-state index contributed by atoms with van der Waals surface area (Å²) in [7, 11) is 0. The van der Waals surface area contributed by atoms with E-state index in [1.165, 1.54) is 6.21 Å². The second-order valence-electron chi connectivity index (χ2n) is 5.45. The molecule has 26 heavy (non-hydrogen) atoms. The fourth-order valence-corrected chi connectivity index (χ4v) is 2.74. The maximum absolute atomic E-state index is 9.97. The normalized spacial score (nSPS) is 11.6. The molecule has 2 aromatic carbocycles. The first kappa shape index (κ1) is 18.0. The fourth-order valence-electron chi connectivity index (χ4n) is 2.29. The quantitative estimate of drug-likeness (QED) is 0.209. The zero-order valence-electron chi connectivity index (χ0n) is 13.6. The lowest BCUT2D eigenvalue weighted by Crippen LogP contribution is -2.11. The van der Waals surface area contributed by atoms with Crippen LogP contribution in [0.15, 0.2) is 56.2 Å². The number of H-pyrrole nitrogens is 1. The molecule has 0 bridgehead atoms. The van der Waals surface area contributed by atoms with Crippen LogP contribution in [0.4, 0.5) is 5.69 Å². The molecular formula is C17H14BrN5O2S. The van der Waals surface area contributed by atoms with Gasteiger partial charge in [-0.1, -0.05) is 27.6 Å². The summed E-state index contributed by atoms with van der Waals surface area (Å²) in [5, 5.41) is 32.2. The number of aromatic nitrogens is 1. The molecule has 0 saturated heterocycles. The molecule has 0 fully saturated rings. The Morgan fingerprint density at radius 2 is 2.04 bits per heavy atom. The van der Waals surface area contributed by atoms with E-state index in [2.05, 4.69) is 41.7 Å². The van der Waals surface area contributed by atoms with Gasteiger partial charge in [-0.05, 0) is 49.5 Å². The van der Waals surface area contributed by atoms with Gasteiger partial charge in [0, 0.05) is 15.4 Å². The molecule has 0 aliphatic rings. The number of aromatic hydroxyl groups is 2. The average molecular weight is 432 g/mol. The zero-order valence-corrected chi connectivity index (χ0v) is 16.0. The minimum atomic E-state index is -0.0992.